The number of ether oxygens (including phenoxy) is 3. The summed E-state index contributed by atoms with van der Waals surface area (Å²) in [5.41, 5.74) is 4.70. The van der Waals surface area contributed by atoms with Gasteiger partial charge in [-0.15, -0.1) is 12.4 Å². The first-order chi connectivity index (χ1) is 17.2. The van der Waals surface area contributed by atoms with Crippen LogP contribution in [0.1, 0.15) is 38.7 Å². The fourth-order valence-corrected chi connectivity index (χ4v) is 3.45. The zero-order valence-electron chi connectivity index (χ0n) is 21.7. The van der Waals surface area contributed by atoms with E-state index >= 15 is 0 Å². The van der Waals surface area contributed by atoms with Crippen LogP contribution in [-0.2, 0) is 16.0 Å². The van der Waals surface area contributed by atoms with E-state index < -0.39 is 11.5 Å². The van der Waals surface area contributed by atoms with E-state index in [9.17, 15) is 9.90 Å². The number of phenols is 2. The summed E-state index contributed by atoms with van der Waals surface area (Å²) in [4.78, 5) is 13.2. The predicted molar refractivity (Wildman–Crippen MR) is 145 cm³/mol. The minimum atomic E-state index is -1.39. The molecule has 1 atom stereocenters. The van der Waals surface area contributed by atoms with Crippen molar-refractivity contribution in [1.29, 1.82) is 0 Å². The van der Waals surface area contributed by atoms with Crippen molar-refractivity contribution in [3.63, 3.8) is 0 Å². The van der Waals surface area contributed by atoms with E-state index in [0.717, 1.165) is 76.8 Å². The number of carboxylic acids is 1. The first-order valence-electron chi connectivity index (χ1n) is 12.4. The van der Waals surface area contributed by atoms with Crippen molar-refractivity contribution in [3.8, 4) is 23.0 Å². The number of carbonyl (C=O) groups is 1. The summed E-state index contributed by atoms with van der Waals surface area (Å²) in [5, 5.41) is 27.0. The molecule has 0 spiro atoms. The molecule has 1 saturated heterocycles. The van der Waals surface area contributed by atoms with Crippen molar-refractivity contribution in [2.45, 2.75) is 45.1 Å². The SMILES string of the molecule is CC(N)(Cc1ccc(O)c(O)c1)C(=O)O.CCCCOc1ccc(OCCCN2CCOCC2)cc1.Cl. The highest BCUT2D eigenvalue weighted by molar-refractivity contribution is 5.85. The average molecular weight is 541 g/mol. The van der Waals surface area contributed by atoms with Crippen LogP contribution in [0.4, 0.5) is 0 Å². The molecule has 0 aromatic heterocycles. The molecule has 208 valence electrons. The maximum atomic E-state index is 10.7. The van der Waals surface area contributed by atoms with Crippen LogP contribution in [0, 0.1) is 0 Å². The Bertz CT molecular complexity index is 919. The van der Waals surface area contributed by atoms with Crippen LogP contribution >= 0.6 is 12.4 Å². The molecular formula is C27H41ClN2O7. The third kappa shape index (κ3) is 12.4. The van der Waals surface area contributed by atoms with Crippen LogP contribution in [0.25, 0.3) is 0 Å². The Kier molecular flexibility index (Phi) is 14.8. The van der Waals surface area contributed by atoms with Gasteiger partial charge in [0.25, 0.3) is 0 Å². The molecule has 0 bridgehead atoms. The maximum Gasteiger partial charge on any atom is 0.323 e. The highest BCUT2D eigenvalue weighted by atomic mass is 35.5. The third-order valence-corrected chi connectivity index (χ3v) is 5.68. The van der Waals surface area contributed by atoms with Gasteiger partial charge in [-0.05, 0) is 61.7 Å². The summed E-state index contributed by atoms with van der Waals surface area (Å²) in [6.45, 7) is 10.00. The van der Waals surface area contributed by atoms with Gasteiger partial charge < -0.3 is 35.3 Å². The second-order valence-corrected chi connectivity index (χ2v) is 9.05. The number of aliphatic carboxylic acids is 1. The smallest absolute Gasteiger partial charge is 0.323 e. The van der Waals surface area contributed by atoms with Crippen LogP contribution in [-0.4, -0.2) is 77.8 Å². The molecule has 0 radical (unpaired) electrons. The Labute approximate surface area is 225 Å². The predicted octanol–water partition coefficient (Wildman–Crippen LogP) is 3.83. The van der Waals surface area contributed by atoms with Crippen LogP contribution in [0.5, 0.6) is 23.0 Å². The minimum Gasteiger partial charge on any atom is -0.504 e. The zero-order valence-corrected chi connectivity index (χ0v) is 22.5. The summed E-state index contributed by atoms with van der Waals surface area (Å²) in [7, 11) is 0. The number of nitrogens with zero attached hydrogens (tertiary/aromatic N) is 1. The Morgan fingerprint density at radius 3 is 2.08 bits per heavy atom. The molecule has 1 heterocycles. The van der Waals surface area contributed by atoms with Crippen LogP contribution in [0.15, 0.2) is 42.5 Å². The fraction of sp³-hybridized carbons (Fsp3) is 0.519. The highest BCUT2D eigenvalue weighted by Crippen LogP contribution is 2.26. The van der Waals surface area contributed by atoms with Crippen molar-refractivity contribution < 1.29 is 34.3 Å². The maximum absolute atomic E-state index is 10.7. The van der Waals surface area contributed by atoms with E-state index in [2.05, 4.69) is 11.8 Å². The van der Waals surface area contributed by atoms with E-state index in [4.69, 9.17) is 30.2 Å². The Hall–Kier alpha value is -2.72. The van der Waals surface area contributed by atoms with Gasteiger partial charge in [0, 0.05) is 26.1 Å². The molecule has 1 aliphatic rings. The van der Waals surface area contributed by atoms with Gasteiger partial charge in [-0.3, -0.25) is 9.69 Å². The summed E-state index contributed by atoms with van der Waals surface area (Å²) < 4.78 is 16.7. The first-order valence-corrected chi connectivity index (χ1v) is 12.4. The number of unbranched alkanes of at least 4 members (excludes halogenated alkanes) is 1. The number of rotatable bonds is 12. The van der Waals surface area contributed by atoms with Gasteiger partial charge in [0.2, 0.25) is 0 Å². The molecule has 5 N–H and O–H groups in total. The van der Waals surface area contributed by atoms with Crippen LogP contribution in [0.3, 0.4) is 0 Å². The third-order valence-electron chi connectivity index (χ3n) is 5.68. The van der Waals surface area contributed by atoms with Gasteiger partial charge in [0.05, 0.1) is 26.4 Å². The van der Waals surface area contributed by atoms with Gasteiger partial charge in [0.1, 0.15) is 17.0 Å². The van der Waals surface area contributed by atoms with Gasteiger partial charge in [-0.2, -0.15) is 0 Å². The zero-order chi connectivity index (χ0) is 26.4. The Balaban J connectivity index is 0.000000381. The number of hydrogen-bond acceptors (Lipinski definition) is 8. The van der Waals surface area contributed by atoms with Crippen LogP contribution < -0.4 is 15.2 Å². The first kappa shape index (κ1) is 32.3. The number of halogens is 1. The van der Waals surface area contributed by atoms with Crippen molar-refractivity contribution in [1.82, 2.24) is 4.90 Å². The lowest BCUT2D eigenvalue weighted by Gasteiger charge is -2.26. The fourth-order valence-electron chi connectivity index (χ4n) is 3.45. The molecule has 2 aromatic carbocycles. The highest BCUT2D eigenvalue weighted by Gasteiger charge is 2.28. The standard InChI is InChI=1S/C17H27NO3.C10H13NO4.ClH/c1-2-3-12-20-16-5-7-17(8-6-16)21-13-4-9-18-10-14-19-15-11-18;1-10(11,9(14)15)5-6-2-3-7(12)8(13)4-6;/h5-8H,2-4,9-15H2,1H3;2-4,12-13H,5,11H2,1H3,(H,14,15);1H. The molecule has 10 heteroatoms. The number of aromatic hydroxyl groups is 2. The average Bonchev–Trinajstić information content (AvgIpc) is 2.86. The lowest BCUT2D eigenvalue weighted by atomic mass is 9.94. The van der Waals surface area contributed by atoms with Gasteiger partial charge in [0.15, 0.2) is 11.5 Å². The number of morpholine rings is 1. The number of hydrogen-bond donors (Lipinski definition) is 4. The molecular weight excluding hydrogens is 500 g/mol. The van der Waals surface area contributed by atoms with Crippen molar-refractivity contribution in [2.24, 2.45) is 5.73 Å². The molecule has 37 heavy (non-hydrogen) atoms. The second-order valence-electron chi connectivity index (χ2n) is 9.05. The molecule has 9 nitrogen and oxygen atoms in total. The molecule has 0 saturated carbocycles. The summed E-state index contributed by atoms with van der Waals surface area (Å²) in [6, 6.07) is 12.0. The normalized spacial score (nSPS) is 14.9. The molecule has 1 aliphatic heterocycles. The van der Waals surface area contributed by atoms with E-state index in [1.165, 1.54) is 25.1 Å². The Morgan fingerprint density at radius 2 is 1.57 bits per heavy atom. The number of carboxylic acid groups (broad SMARTS) is 1. The second kappa shape index (κ2) is 16.9. The summed E-state index contributed by atoms with van der Waals surface area (Å²) in [5.74, 6) is 0.195. The Morgan fingerprint density at radius 1 is 1.00 bits per heavy atom. The quantitative estimate of drug-likeness (QED) is 0.234. The van der Waals surface area contributed by atoms with Crippen molar-refractivity contribution >= 4 is 18.4 Å². The van der Waals surface area contributed by atoms with E-state index in [-0.39, 0.29) is 30.3 Å². The van der Waals surface area contributed by atoms with Crippen molar-refractivity contribution in [3.05, 3.63) is 48.0 Å². The van der Waals surface area contributed by atoms with Crippen LogP contribution in [0.2, 0.25) is 0 Å². The van der Waals surface area contributed by atoms with E-state index in [1.54, 1.807) is 0 Å². The topological polar surface area (TPSA) is 135 Å². The summed E-state index contributed by atoms with van der Waals surface area (Å²) in [6.07, 6.45) is 3.38. The summed E-state index contributed by atoms with van der Waals surface area (Å²) >= 11 is 0. The molecule has 0 amide bonds. The van der Waals surface area contributed by atoms with Gasteiger partial charge in [-0.1, -0.05) is 19.4 Å². The molecule has 0 aliphatic carbocycles. The number of benzene rings is 2. The lowest BCUT2D eigenvalue weighted by molar-refractivity contribution is -0.142. The molecule has 1 unspecified atom stereocenters. The number of nitrogens with two attached hydrogens (primary N) is 1. The lowest BCUT2D eigenvalue weighted by Crippen LogP contribution is -2.46. The molecule has 3 rings (SSSR count). The molecule has 2 aromatic rings. The molecule has 1 fully saturated rings. The van der Waals surface area contributed by atoms with Crippen molar-refractivity contribution in [2.75, 3.05) is 46.1 Å². The van der Waals surface area contributed by atoms with Gasteiger partial charge >= 0.3 is 5.97 Å². The largest absolute Gasteiger partial charge is 0.504 e. The van der Waals surface area contributed by atoms with E-state index in [0.29, 0.717) is 5.56 Å². The van der Waals surface area contributed by atoms with Gasteiger partial charge in [-0.25, -0.2) is 0 Å². The minimum absolute atomic E-state index is 0. The van der Waals surface area contributed by atoms with E-state index in [1.807, 2.05) is 24.3 Å². The number of phenolic OH excluding ortho intramolecular Hbond substituents is 2. The monoisotopic (exact) mass is 540 g/mol.